The van der Waals surface area contributed by atoms with Crippen molar-refractivity contribution in [3.8, 4) is 0 Å². The van der Waals surface area contributed by atoms with E-state index in [0.717, 1.165) is 25.5 Å². The molecule has 0 fully saturated rings. The van der Waals surface area contributed by atoms with Gasteiger partial charge in [-0.15, -0.1) is 0 Å². The molecule has 0 saturated heterocycles. The lowest BCUT2D eigenvalue weighted by molar-refractivity contribution is 0.449. The van der Waals surface area contributed by atoms with Crippen LogP contribution in [0.4, 0.5) is 0 Å². The number of amidine groups is 1. The van der Waals surface area contributed by atoms with Crippen molar-refractivity contribution in [3.05, 3.63) is 29.0 Å². The van der Waals surface area contributed by atoms with Crippen molar-refractivity contribution in [1.82, 2.24) is 9.88 Å². The predicted molar refractivity (Wildman–Crippen MR) is 57.6 cm³/mol. The Kier molecular flexibility index (Phi) is 2.68. The molecule has 1 aliphatic heterocycles. The molecular weight excluding hydrogens is 198 g/mol. The summed E-state index contributed by atoms with van der Waals surface area (Å²) in [6.45, 7) is 4.83. The SMILES string of the molecule is CC1=NCCN1Cc1ccc(Cl)nc1. The Morgan fingerprint density at radius 1 is 1.50 bits per heavy atom. The predicted octanol–water partition coefficient (Wildman–Crippen LogP) is 1.97. The van der Waals surface area contributed by atoms with E-state index in [0.29, 0.717) is 5.15 Å². The molecule has 4 heteroatoms. The van der Waals surface area contributed by atoms with Crippen LogP contribution in [-0.4, -0.2) is 28.8 Å². The number of rotatable bonds is 2. The first-order valence-electron chi connectivity index (χ1n) is 4.62. The molecule has 1 aromatic heterocycles. The monoisotopic (exact) mass is 209 g/mol. The van der Waals surface area contributed by atoms with Crippen molar-refractivity contribution in [2.75, 3.05) is 13.1 Å². The molecule has 74 valence electrons. The second-order valence-corrected chi connectivity index (χ2v) is 3.73. The van der Waals surface area contributed by atoms with E-state index in [9.17, 15) is 0 Å². The van der Waals surface area contributed by atoms with E-state index in [1.165, 1.54) is 5.56 Å². The van der Waals surface area contributed by atoms with Gasteiger partial charge in [0.05, 0.1) is 12.4 Å². The van der Waals surface area contributed by atoms with Crippen LogP contribution in [0.1, 0.15) is 12.5 Å². The lowest BCUT2D eigenvalue weighted by Gasteiger charge is -2.17. The first-order chi connectivity index (χ1) is 6.75. The number of hydrogen-bond acceptors (Lipinski definition) is 3. The van der Waals surface area contributed by atoms with Crippen LogP contribution in [0.3, 0.4) is 0 Å². The second kappa shape index (κ2) is 3.96. The Bertz CT molecular complexity index is 345. The number of aliphatic imine (C=N–C) groups is 1. The molecule has 1 aliphatic rings. The van der Waals surface area contributed by atoms with Crippen LogP contribution < -0.4 is 0 Å². The van der Waals surface area contributed by atoms with Crippen LogP contribution in [-0.2, 0) is 6.54 Å². The molecule has 0 radical (unpaired) electrons. The molecular formula is C10H12ClN3. The van der Waals surface area contributed by atoms with Crippen LogP contribution in [0.25, 0.3) is 0 Å². The largest absolute Gasteiger partial charge is 0.354 e. The van der Waals surface area contributed by atoms with E-state index < -0.39 is 0 Å². The summed E-state index contributed by atoms with van der Waals surface area (Å²) in [6, 6.07) is 3.82. The van der Waals surface area contributed by atoms with Crippen molar-refractivity contribution in [1.29, 1.82) is 0 Å². The summed E-state index contributed by atoms with van der Waals surface area (Å²) < 4.78 is 0. The highest BCUT2D eigenvalue weighted by molar-refractivity contribution is 6.29. The van der Waals surface area contributed by atoms with Crippen LogP contribution >= 0.6 is 11.6 Å². The number of pyridine rings is 1. The molecule has 0 unspecified atom stereocenters. The molecule has 0 amide bonds. The van der Waals surface area contributed by atoms with Gasteiger partial charge in [0.2, 0.25) is 0 Å². The van der Waals surface area contributed by atoms with Gasteiger partial charge >= 0.3 is 0 Å². The lowest BCUT2D eigenvalue weighted by Crippen LogP contribution is -2.24. The lowest BCUT2D eigenvalue weighted by atomic mass is 10.2. The maximum atomic E-state index is 5.71. The van der Waals surface area contributed by atoms with Crippen LogP contribution in [0.5, 0.6) is 0 Å². The fourth-order valence-electron chi connectivity index (χ4n) is 1.51. The normalized spacial score (nSPS) is 15.9. The Labute approximate surface area is 88.4 Å². The van der Waals surface area contributed by atoms with Crippen molar-refractivity contribution >= 4 is 17.4 Å². The molecule has 0 atom stereocenters. The fraction of sp³-hybridized carbons (Fsp3) is 0.400. The summed E-state index contributed by atoms with van der Waals surface area (Å²) in [4.78, 5) is 10.6. The molecule has 0 N–H and O–H groups in total. The standard InChI is InChI=1S/C10H12ClN3/c1-8-12-4-5-14(8)7-9-2-3-10(11)13-6-9/h2-3,6H,4-5,7H2,1H3. The second-order valence-electron chi connectivity index (χ2n) is 3.34. The van der Waals surface area contributed by atoms with Gasteiger partial charge in [0, 0.05) is 19.3 Å². The molecule has 0 aromatic carbocycles. The highest BCUT2D eigenvalue weighted by Gasteiger charge is 2.12. The summed E-state index contributed by atoms with van der Waals surface area (Å²) in [5, 5.41) is 0.542. The first kappa shape index (κ1) is 9.46. The Hall–Kier alpha value is -1.09. The highest BCUT2D eigenvalue weighted by Crippen LogP contribution is 2.10. The van der Waals surface area contributed by atoms with Gasteiger partial charge in [-0.3, -0.25) is 4.99 Å². The van der Waals surface area contributed by atoms with Gasteiger partial charge in [-0.1, -0.05) is 17.7 Å². The maximum Gasteiger partial charge on any atom is 0.129 e. The van der Waals surface area contributed by atoms with Gasteiger partial charge in [-0.2, -0.15) is 0 Å². The third kappa shape index (κ3) is 2.04. The van der Waals surface area contributed by atoms with Crippen molar-refractivity contribution < 1.29 is 0 Å². The van der Waals surface area contributed by atoms with Crippen LogP contribution in [0, 0.1) is 0 Å². The van der Waals surface area contributed by atoms with Gasteiger partial charge in [0.15, 0.2) is 0 Å². The molecule has 2 rings (SSSR count). The molecule has 0 bridgehead atoms. The molecule has 14 heavy (non-hydrogen) atoms. The minimum Gasteiger partial charge on any atom is -0.354 e. The van der Waals surface area contributed by atoms with E-state index in [4.69, 9.17) is 11.6 Å². The molecule has 0 saturated carbocycles. The summed E-state index contributed by atoms with van der Waals surface area (Å²) in [5.74, 6) is 1.11. The van der Waals surface area contributed by atoms with Crippen molar-refractivity contribution in [3.63, 3.8) is 0 Å². The van der Waals surface area contributed by atoms with E-state index in [-0.39, 0.29) is 0 Å². The van der Waals surface area contributed by atoms with E-state index in [1.54, 1.807) is 0 Å². The fourth-order valence-corrected chi connectivity index (χ4v) is 1.62. The maximum absolute atomic E-state index is 5.71. The zero-order valence-electron chi connectivity index (χ0n) is 8.07. The molecule has 0 aliphatic carbocycles. The summed E-state index contributed by atoms with van der Waals surface area (Å²) >= 11 is 5.71. The van der Waals surface area contributed by atoms with Gasteiger partial charge in [0.1, 0.15) is 5.15 Å². The molecule has 1 aromatic rings. The minimum absolute atomic E-state index is 0.542. The number of hydrogen-bond donors (Lipinski definition) is 0. The number of nitrogens with zero attached hydrogens (tertiary/aromatic N) is 3. The van der Waals surface area contributed by atoms with Gasteiger partial charge in [-0.05, 0) is 18.6 Å². The third-order valence-electron chi connectivity index (χ3n) is 2.33. The smallest absolute Gasteiger partial charge is 0.129 e. The summed E-state index contributed by atoms with van der Waals surface area (Å²) in [7, 11) is 0. The Morgan fingerprint density at radius 2 is 2.36 bits per heavy atom. The van der Waals surface area contributed by atoms with Crippen LogP contribution in [0.2, 0.25) is 5.15 Å². The minimum atomic E-state index is 0.542. The first-order valence-corrected chi connectivity index (χ1v) is 5.00. The Morgan fingerprint density at radius 3 is 2.93 bits per heavy atom. The van der Waals surface area contributed by atoms with Gasteiger partial charge < -0.3 is 4.90 Å². The molecule has 3 nitrogen and oxygen atoms in total. The van der Waals surface area contributed by atoms with Crippen molar-refractivity contribution in [2.24, 2.45) is 4.99 Å². The van der Waals surface area contributed by atoms with Crippen LogP contribution in [0.15, 0.2) is 23.3 Å². The number of halogens is 1. The van der Waals surface area contributed by atoms with E-state index in [2.05, 4.69) is 14.9 Å². The average Bonchev–Trinajstić information content (AvgIpc) is 2.56. The summed E-state index contributed by atoms with van der Waals surface area (Å²) in [6.07, 6.45) is 1.81. The number of aromatic nitrogens is 1. The zero-order chi connectivity index (χ0) is 9.97. The van der Waals surface area contributed by atoms with Crippen molar-refractivity contribution in [2.45, 2.75) is 13.5 Å². The van der Waals surface area contributed by atoms with Gasteiger partial charge in [-0.25, -0.2) is 4.98 Å². The highest BCUT2D eigenvalue weighted by atomic mass is 35.5. The topological polar surface area (TPSA) is 28.5 Å². The Balaban J connectivity index is 2.04. The average molecular weight is 210 g/mol. The molecule has 2 heterocycles. The van der Waals surface area contributed by atoms with Gasteiger partial charge in [0.25, 0.3) is 0 Å². The molecule has 0 spiro atoms. The zero-order valence-corrected chi connectivity index (χ0v) is 8.83. The van der Waals surface area contributed by atoms with E-state index >= 15 is 0 Å². The third-order valence-corrected chi connectivity index (χ3v) is 2.55. The quantitative estimate of drug-likeness (QED) is 0.697. The summed E-state index contributed by atoms with van der Waals surface area (Å²) in [5.41, 5.74) is 1.17. The van der Waals surface area contributed by atoms with E-state index in [1.807, 2.05) is 25.3 Å².